The maximum Gasteiger partial charge on any atom is 0.411 e. The molecule has 5 nitrogen and oxygen atoms in total. The average molecular weight is 333 g/mol. The van der Waals surface area contributed by atoms with Crippen LogP contribution < -0.4 is 0 Å². The molecule has 1 aromatic rings. The van der Waals surface area contributed by atoms with E-state index in [9.17, 15) is 9.59 Å². The van der Waals surface area contributed by atoms with Gasteiger partial charge in [0.15, 0.2) is 0 Å². The summed E-state index contributed by atoms with van der Waals surface area (Å²) in [6.45, 7) is 7.55. The highest BCUT2D eigenvalue weighted by molar-refractivity contribution is 5.82. The summed E-state index contributed by atoms with van der Waals surface area (Å²) >= 11 is 0. The molecule has 0 spiro atoms. The van der Waals surface area contributed by atoms with Crippen molar-refractivity contribution in [3.63, 3.8) is 0 Å². The van der Waals surface area contributed by atoms with Crippen molar-refractivity contribution in [2.75, 3.05) is 6.61 Å². The molecule has 0 aromatic heterocycles. The van der Waals surface area contributed by atoms with E-state index in [0.717, 1.165) is 12.0 Å². The minimum absolute atomic E-state index is 0.0587. The van der Waals surface area contributed by atoms with E-state index < -0.39 is 17.7 Å². The number of ether oxygens (including phenoxy) is 2. The maximum absolute atomic E-state index is 12.7. The molecule has 0 N–H and O–H groups in total. The van der Waals surface area contributed by atoms with Crippen molar-refractivity contribution in [3.8, 4) is 0 Å². The second-order valence-electron chi connectivity index (χ2n) is 7.08. The Labute approximate surface area is 143 Å². The second kappa shape index (κ2) is 7.69. The van der Waals surface area contributed by atoms with Crippen molar-refractivity contribution in [1.82, 2.24) is 4.90 Å². The molecule has 0 unspecified atom stereocenters. The van der Waals surface area contributed by atoms with Crippen molar-refractivity contribution < 1.29 is 19.1 Å². The summed E-state index contributed by atoms with van der Waals surface area (Å²) in [5, 5.41) is 0. The fourth-order valence-corrected chi connectivity index (χ4v) is 3.03. The summed E-state index contributed by atoms with van der Waals surface area (Å²) in [5.74, 6) is -0.348. The Hall–Kier alpha value is -2.04. The summed E-state index contributed by atoms with van der Waals surface area (Å²) in [6.07, 6.45) is 1.63. The van der Waals surface area contributed by atoms with Gasteiger partial charge in [0.2, 0.25) is 0 Å². The van der Waals surface area contributed by atoms with Gasteiger partial charge in [-0.3, -0.25) is 4.90 Å². The lowest BCUT2D eigenvalue weighted by Crippen LogP contribution is -2.48. The fraction of sp³-hybridized carbons (Fsp3) is 0.579. The van der Waals surface area contributed by atoms with Gasteiger partial charge in [0.1, 0.15) is 11.6 Å². The summed E-state index contributed by atoms with van der Waals surface area (Å²) in [5.41, 5.74) is 0.538. The zero-order valence-electron chi connectivity index (χ0n) is 15.0. The number of nitrogens with zero attached hydrogens (tertiary/aromatic N) is 1. The molecule has 0 bridgehead atoms. The summed E-state index contributed by atoms with van der Waals surface area (Å²) in [6, 6.07) is 9.36. The Morgan fingerprint density at radius 1 is 1.17 bits per heavy atom. The van der Waals surface area contributed by atoms with Crippen molar-refractivity contribution in [2.45, 2.75) is 64.6 Å². The van der Waals surface area contributed by atoms with Gasteiger partial charge in [0.05, 0.1) is 6.61 Å². The Morgan fingerprint density at radius 2 is 1.83 bits per heavy atom. The van der Waals surface area contributed by atoms with Crippen molar-refractivity contribution in [3.05, 3.63) is 35.9 Å². The molecule has 0 radical (unpaired) electrons. The number of likely N-dealkylation sites (tertiary alicyclic amines) is 1. The normalized spacial score (nSPS) is 20.8. The summed E-state index contributed by atoms with van der Waals surface area (Å²) in [7, 11) is 0. The molecule has 2 rings (SSSR count). The predicted molar refractivity (Wildman–Crippen MR) is 91.7 cm³/mol. The second-order valence-corrected chi connectivity index (χ2v) is 7.08. The molecule has 1 heterocycles. The quantitative estimate of drug-likeness (QED) is 0.791. The van der Waals surface area contributed by atoms with Crippen LogP contribution in [-0.4, -0.2) is 41.3 Å². The molecule has 24 heavy (non-hydrogen) atoms. The molecule has 1 aliphatic heterocycles. The first-order chi connectivity index (χ1) is 11.3. The molecule has 0 aliphatic carbocycles. The van der Waals surface area contributed by atoms with E-state index in [0.29, 0.717) is 19.4 Å². The average Bonchev–Trinajstić information content (AvgIpc) is 2.90. The summed E-state index contributed by atoms with van der Waals surface area (Å²) < 4.78 is 10.7. The van der Waals surface area contributed by atoms with Crippen LogP contribution >= 0.6 is 0 Å². The number of rotatable bonds is 4. The number of esters is 1. The third kappa shape index (κ3) is 4.73. The lowest BCUT2D eigenvalue weighted by Gasteiger charge is -2.31. The molecule has 0 saturated carbocycles. The Bertz CT molecular complexity index is 564. The first-order valence-electron chi connectivity index (χ1n) is 8.53. The van der Waals surface area contributed by atoms with Crippen LogP contribution in [-0.2, 0) is 20.7 Å². The molecule has 132 valence electrons. The maximum atomic E-state index is 12.7. The summed E-state index contributed by atoms with van der Waals surface area (Å²) in [4.78, 5) is 26.5. The smallest absolute Gasteiger partial charge is 0.411 e. The van der Waals surface area contributed by atoms with E-state index in [2.05, 4.69) is 0 Å². The van der Waals surface area contributed by atoms with Crippen LogP contribution in [0.2, 0.25) is 0 Å². The van der Waals surface area contributed by atoms with Crippen LogP contribution in [0.5, 0.6) is 0 Å². The number of carbonyl (C=O) groups excluding carboxylic acids is 2. The third-order valence-corrected chi connectivity index (χ3v) is 3.98. The van der Waals surface area contributed by atoms with Crippen LogP contribution in [0.3, 0.4) is 0 Å². The monoisotopic (exact) mass is 333 g/mol. The van der Waals surface area contributed by atoms with Gasteiger partial charge in [-0.15, -0.1) is 0 Å². The van der Waals surface area contributed by atoms with Gasteiger partial charge >= 0.3 is 12.1 Å². The van der Waals surface area contributed by atoms with Crippen molar-refractivity contribution >= 4 is 12.1 Å². The SMILES string of the molecule is CCOC(=O)[C@@H]1CC[C@@H](Cc2ccccc2)N1C(=O)OC(C)(C)C. The van der Waals surface area contributed by atoms with E-state index in [1.54, 1.807) is 11.8 Å². The van der Waals surface area contributed by atoms with Crippen LogP contribution in [0, 0.1) is 0 Å². The first-order valence-corrected chi connectivity index (χ1v) is 8.53. The largest absolute Gasteiger partial charge is 0.464 e. The molecule has 1 amide bonds. The first kappa shape index (κ1) is 18.3. The molecule has 1 fully saturated rings. The lowest BCUT2D eigenvalue weighted by molar-refractivity contribution is -0.148. The highest BCUT2D eigenvalue weighted by atomic mass is 16.6. The van der Waals surface area contributed by atoms with E-state index in [-0.39, 0.29) is 12.0 Å². The number of carbonyl (C=O) groups is 2. The van der Waals surface area contributed by atoms with E-state index >= 15 is 0 Å². The van der Waals surface area contributed by atoms with Gasteiger partial charge in [-0.25, -0.2) is 9.59 Å². The topological polar surface area (TPSA) is 55.8 Å². The predicted octanol–water partition coefficient (Wildman–Crippen LogP) is 3.56. The number of hydrogen-bond donors (Lipinski definition) is 0. The molecule has 1 aromatic carbocycles. The third-order valence-electron chi connectivity index (χ3n) is 3.98. The van der Waals surface area contributed by atoms with Gasteiger partial charge in [-0.2, -0.15) is 0 Å². The van der Waals surface area contributed by atoms with Crippen LogP contribution in [0.15, 0.2) is 30.3 Å². The van der Waals surface area contributed by atoms with Gasteiger partial charge in [0, 0.05) is 6.04 Å². The Balaban J connectivity index is 2.19. The van der Waals surface area contributed by atoms with Gasteiger partial charge in [-0.1, -0.05) is 30.3 Å². The molecule has 1 saturated heterocycles. The molecular formula is C19H27NO4. The molecule has 2 atom stereocenters. The zero-order chi connectivity index (χ0) is 17.7. The number of amides is 1. The number of benzene rings is 1. The highest BCUT2D eigenvalue weighted by Crippen LogP contribution is 2.29. The molecule has 1 aliphatic rings. The Morgan fingerprint density at radius 3 is 2.42 bits per heavy atom. The standard InChI is InChI=1S/C19H27NO4/c1-5-23-17(21)16-12-11-15(13-14-9-7-6-8-10-14)20(16)18(22)24-19(2,3)4/h6-10,15-16H,5,11-13H2,1-4H3/t15-,16-/m0/s1. The van der Waals surface area contributed by atoms with Gasteiger partial charge in [0.25, 0.3) is 0 Å². The fourth-order valence-electron chi connectivity index (χ4n) is 3.03. The van der Waals surface area contributed by atoms with E-state index in [1.807, 2.05) is 51.1 Å². The van der Waals surface area contributed by atoms with Gasteiger partial charge in [-0.05, 0) is 52.5 Å². The van der Waals surface area contributed by atoms with Crippen molar-refractivity contribution in [1.29, 1.82) is 0 Å². The van der Waals surface area contributed by atoms with E-state index in [1.165, 1.54) is 0 Å². The van der Waals surface area contributed by atoms with Crippen LogP contribution in [0.1, 0.15) is 46.1 Å². The van der Waals surface area contributed by atoms with Crippen LogP contribution in [0.4, 0.5) is 4.79 Å². The Kier molecular flexibility index (Phi) is 5.86. The molecular weight excluding hydrogens is 306 g/mol. The minimum atomic E-state index is -0.601. The van der Waals surface area contributed by atoms with Crippen LogP contribution in [0.25, 0.3) is 0 Å². The highest BCUT2D eigenvalue weighted by Gasteiger charge is 2.43. The number of hydrogen-bond acceptors (Lipinski definition) is 4. The minimum Gasteiger partial charge on any atom is -0.464 e. The van der Waals surface area contributed by atoms with Crippen molar-refractivity contribution in [2.24, 2.45) is 0 Å². The van der Waals surface area contributed by atoms with Gasteiger partial charge < -0.3 is 9.47 Å². The zero-order valence-corrected chi connectivity index (χ0v) is 15.0. The molecule has 5 heteroatoms. The lowest BCUT2D eigenvalue weighted by atomic mass is 10.0. The van der Waals surface area contributed by atoms with E-state index in [4.69, 9.17) is 9.47 Å².